The standard InChI is InChI=1S/C18H25NO3/c1-12-5-6-15(4)16(8-12)18(21)22-11-17(20)19-9-13(2)7-14(3)10-19/h5-6,8,13-14H,7,9-11H2,1-4H3/t13-,14+. The van der Waals surface area contributed by atoms with Crippen LogP contribution in [0.1, 0.15) is 41.8 Å². The third kappa shape index (κ3) is 4.09. The minimum Gasteiger partial charge on any atom is -0.452 e. The van der Waals surface area contributed by atoms with E-state index in [2.05, 4.69) is 13.8 Å². The maximum atomic E-state index is 12.2. The van der Waals surface area contributed by atoms with E-state index in [9.17, 15) is 9.59 Å². The highest BCUT2D eigenvalue weighted by Gasteiger charge is 2.26. The molecule has 1 heterocycles. The number of rotatable bonds is 3. The van der Waals surface area contributed by atoms with Crippen molar-refractivity contribution in [1.82, 2.24) is 4.90 Å². The highest BCUT2D eigenvalue weighted by Crippen LogP contribution is 2.21. The topological polar surface area (TPSA) is 46.6 Å². The molecule has 22 heavy (non-hydrogen) atoms. The molecule has 0 aromatic heterocycles. The zero-order chi connectivity index (χ0) is 16.3. The van der Waals surface area contributed by atoms with Gasteiger partial charge in [-0.3, -0.25) is 4.79 Å². The Morgan fingerprint density at radius 1 is 1.18 bits per heavy atom. The van der Waals surface area contributed by atoms with Crippen molar-refractivity contribution in [2.45, 2.75) is 34.1 Å². The quantitative estimate of drug-likeness (QED) is 0.807. The van der Waals surface area contributed by atoms with Crippen molar-refractivity contribution in [3.8, 4) is 0 Å². The molecule has 2 atom stereocenters. The minimum atomic E-state index is -0.423. The lowest BCUT2D eigenvalue weighted by Crippen LogP contribution is -2.44. The van der Waals surface area contributed by atoms with E-state index in [-0.39, 0.29) is 12.5 Å². The van der Waals surface area contributed by atoms with E-state index in [0.717, 1.165) is 30.6 Å². The number of hydrogen-bond acceptors (Lipinski definition) is 3. The van der Waals surface area contributed by atoms with Gasteiger partial charge in [0.05, 0.1) is 5.56 Å². The molecular formula is C18H25NO3. The largest absolute Gasteiger partial charge is 0.452 e. The van der Waals surface area contributed by atoms with Crippen molar-refractivity contribution in [3.05, 3.63) is 34.9 Å². The number of likely N-dealkylation sites (tertiary alicyclic amines) is 1. The molecule has 1 aliphatic rings. The molecular weight excluding hydrogens is 278 g/mol. The van der Waals surface area contributed by atoms with Crippen molar-refractivity contribution in [2.75, 3.05) is 19.7 Å². The van der Waals surface area contributed by atoms with E-state index < -0.39 is 5.97 Å². The molecule has 0 spiro atoms. The number of benzene rings is 1. The minimum absolute atomic E-state index is 0.0999. The molecule has 1 amide bonds. The lowest BCUT2D eigenvalue weighted by atomic mass is 9.92. The van der Waals surface area contributed by atoms with Gasteiger partial charge in [0.25, 0.3) is 5.91 Å². The summed E-state index contributed by atoms with van der Waals surface area (Å²) in [4.78, 5) is 26.2. The number of carbonyl (C=O) groups excluding carboxylic acids is 2. The lowest BCUT2D eigenvalue weighted by Gasteiger charge is -2.34. The Morgan fingerprint density at radius 2 is 1.82 bits per heavy atom. The van der Waals surface area contributed by atoms with Gasteiger partial charge in [-0.05, 0) is 43.7 Å². The highest BCUT2D eigenvalue weighted by molar-refractivity contribution is 5.92. The number of piperidine rings is 1. The number of esters is 1. The van der Waals surface area contributed by atoms with Crippen molar-refractivity contribution in [1.29, 1.82) is 0 Å². The normalized spacial score (nSPS) is 21.5. The van der Waals surface area contributed by atoms with Gasteiger partial charge >= 0.3 is 5.97 Å². The van der Waals surface area contributed by atoms with Crippen LogP contribution in [0.15, 0.2) is 18.2 Å². The van der Waals surface area contributed by atoms with Crippen molar-refractivity contribution in [3.63, 3.8) is 0 Å². The average molecular weight is 303 g/mol. The van der Waals surface area contributed by atoms with Crippen LogP contribution in [0.2, 0.25) is 0 Å². The van der Waals surface area contributed by atoms with Crippen LogP contribution in [0.3, 0.4) is 0 Å². The van der Waals surface area contributed by atoms with Gasteiger partial charge in [-0.25, -0.2) is 4.79 Å². The maximum absolute atomic E-state index is 12.2. The van der Waals surface area contributed by atoms with Gasteiger partial charge in [-0.2, -0.15) is 0 Å². The van der Waals surface area contributed by atoms with Crippen molar-refractivity contribution >= 4 is 11.9 Å². The Balaban J connectivity index is 1.93. The first kappa shape index (κ1) is 16.5. The molecule has 0 aliphatic carbocycles. The molecule has 2 rings (SSSR count). The summed E-state index contributed by atoms with van der Waals surface area (Å²) in [6.45, 7) is 9.43. The second-order valence-electron chi connectivity index (χ2n) is 6.64. The molecule has 1 fully saturated rings. The van der Waals surface area contributed by atoms with E-state index in [1.54, 1.807) is 6.07 Å². The summed E-state index contributed by atoms with van der Waals surface area (Å²) in [7, 11) is 0. The van der Waals surface area contributed by atoms with Crippen LogP contribution in [0.5, 0.6) is 0 Å². The Bertz CT molecular complexity index is 557. The van der Waals surface area contributed by atoms with Gasteiger partial charge < -0.3 is 9.64 Å². The first-order valence-corrected chi connectivity index (χ1v) is 7.89. The molecule has 0 bridgehead atoms. The molecule has 0 unspecified atom stereocenters. The zero-order valence-corrected chi connectivity index (χ0v) is 13.9. The Morgan fingerprint density at radius 3 is 2.45 bits per heavy atom. The fourth-order valence-electron chi connectivity index (χ4n) is 3.12. The fourth-order valence-corrected chi connectivity index (χ4v) is 3.12. The third-order valence-electron chi connectivity index (χ3n) is 4.16. The van der Waals surface area contributed by atoms with Gasteiger partial charge in [-0.15, -0.1) is 0 Å². The van der Waals surface area contributed by atoms with E-state index in [0.29, 0.717) is 17.4 Å². The number of carbonyl (C=O) groups is 2. The molecule has 0 saturated carbocycles. The van der Waals surface area contributed by atoms with Crippen molar-refractivity contribution < 1.29 is 14.3 Å². The first-order valence-electron chi connectivity index (χ1n) is 7.89. The van der Waals surface area contributed by atoms with Gasteiger partial charge in [0, 0.05) is 13.1 Å². The first-order chi connectivity index (χ1) is 10.4. The second kappa shape index (κ2) is 6.95. The Labute approximate surface area is 132 Å². The second-order valence-corrected chi connectivity index (χ2v) is 6.64. The van der Waals surface area contributed by atoms with Crippen LogP contribution in [-0.4, -0.2) is 36.5 Å². The fraction of sp³-hybridized carbons (Fsp3) is 0.556. The molecule has 1 aromatic rings. The van der Waals surface area contributed by atoms with Gasteiger partial charge in [-0.1, -0.05) is 31.5 Å². The SMILES string of the molecule is Cc1ccc(C)c(C(=O)OCC(=O)N2C[C@H](C)C[C@H](C)C2)c1. The number of amides is 1. The summed E-state index contributed by atoms with van der Waals surface area (Å²) in [5.74, 6) is 0.481. The van der Waals surface area contributed by atoms with E-state index >= 15 is 0 Å². The smallest absolute Gasteiger partial charge is 0.338 e. The third-order valence-corrected chi connectivity index (χ3v) is 4.16. The van der Waals surface area contributed by atoms with Crippen LogP contribution in [0.25, 0.3) is 0 Å². The molecule has 0 radical (unpaired) electrons. The van der Waals surface area contributed by atoms with Crippen LogP contribution in [0.4, 0.5) is 0 Å². The molecule has 120 valence electrons. The molecule has 4 nitrogen and oxygen atoms in total. The van der Waals surface area contributed by atoms with Crippen molar-refractivity contribution in [2.24, 2.45) is 11.8 Å². The van der Waals surface area contributed by atoms with Gasteiger partial charge in [0.2, 0.25) is 0 Å². The molecule has 0 N–H and O–H groups in total. The van der Waals surface area contributed by atoms with Crippen LogP contribution < -0.4 is 0 Å². The number of aryl methyl sites for hydroxylation is 2. The average Bonchev–Trinajstić information content (AvgIpc) is 2.45. The van der Waals surface area contributed by atoms with E-state index in [1.807, 2.05) is 30.9 Å². The van der Waals surface area contributed by atoms with E-state index in [1.165, 1.54) is 0 Å². The number of nitrogens with zero attached hydrogens (tertiary/aromatic N) is 1. The Hall–Kier alpha value is -1.84. The predicted octanol–water partition coefficient (Wildman–Crippen LogP) is 2.96. The van der Waals surface area contributed by atoms with Crippen LogP contribution in [0, 0.1) is 25.7 Å². The van der Waals surface area contributed by atoms with Crippen LogP contribution >= 0.6 is 0 Å². The summed E-state index contributed by atoms with van der Waals surface area (Å²) in [6, 6.07) is 5.64. The highest BCUT2D eigenvalue weighted by atomic mass is 16.5. The number of ether oxygens (including phenoxy) is 1. The lowest BCUT2D eigenvalue weighted by molar-refractivity contribution is -0.137. The Kier molecular flexibility index (Phi) is 5.22. The molecule has 1 aromatic carbocycles. The maximum Gasteiger partial charge on any atom is 0.338 e. The summed E-state index contributed by atoms with van der Waals surface area (Å²) < 4.78 is 5.22. The van der Waals surface area contributed by atoms with Gasteiger partial charge in [0.1, 0.15) is 0 Å². The van der Waals surface area contributed by atoms with E-state index in [4.69, 9.17) is 4.74 Å². The summed E-state index contributed by atoms with van der Waals surface area (Å²) >= 11 is 0. The predicted molar refractivity (Wildman–Crippen MR) is 85.7 cm³/mol. The molecule has 4 heteroatoms. The summed E-state index contributed by atoms with van der Waals surface area (Å²) in [6.07, 6.45) is 1.14. The van der Waals surface area contributed by atoms with Crippen LogP contribution in [-0.2, 0) is 9.53 Å². The summed E-state index contributed by atoms with van der Waals surface area (Å²) in [5, 5.41) is 0. The summed E-state index contributed by atoms with van der Waals surface area (Å²) in [5.41, 5.74) is 2.40. The van der Waals surface area contributed by atoms with Gasteiger partial charge in [0.15, 0.2) is 6.61 Å². The number of hydrogen-bond donors (Lipinski definition) is 0. The monoisotopic (exact) mass is 303 g/mol. The molecule has 1 aliphatic heterocycles. The molecule has 1 saturated heterocycles. The zero-order valence-electron chi connectivity index (χ0n) is 13.9.